The zero-order valence-corrected chi connectivity index (χ0v) is 12.5. The molecule has 2 aromatic rings. The summed E-state index contributed by atoms with van der Waals surface area (Å²) in [5, 5.41) is 9.00. The summed E-state index contributed by atoms with van der Waals surface area (Å²) in [5.41, 5.74) is 0.462. The molecule has 0 atom stereocenters. The van der Waals surface area contributed by atoms with E-state index in [1.54, 1.807) is 30.3 Å². The lowest BCUT2D eigenvalue weighted by molar-refractivity contribution is 0.0793. The summed E-state index contributed by atoms with van der Waals surface area (Å²) in [6.45, 7) is 1.60. The van der Waals surface area contributed by atoms with E-state index < -0.39 is 5.82 Å². The Morgan fingerprint density at radius 1 is 1.13 bits per heavy atom. The van der Waals surface area contributed by atoms with E-state index in [9.17, 15) is 9.18 Å². The van der Waals surface area contributed by atoms with Gasteiger partial charge in [-0.3, -0.25) is 4.79 Å². The molecule has 1 aliphatic rings. The fraction of sp³-hybridized carbons (Fsp3) is 0.222. The lowest BCUT2D eigenvalue weighted by atomic mass is 10.2. The van der Waals surface area contributed by atoms with Crippen molar-refractivity contribution in [3.05, 3.63) is 59.4 Å². The predicted molar refractivity (Wildman–Crippen MR) is 82.8 cm³/mol. The van der Waals surface area contributed by atoms with Gasteiger partial charge in [0, 0.05) is 18.7 Å². The van der Waals surface area contributed by atoms with Gasteiger partial charge < -0.3 is 9.64 Å². The lowest BCUT2D eigenvalue weighted by Crippen LogP contribution is -2.27. The van der Waals surface area contributed by atoms with E-state index >= 15 is 0 Å². The zero-order chi connectivity index (χ0) is 16.2. The average Bonchev–Trinajstić information content (AvgIpc) is 3.10. The molecule has 1 saturated heterocycles. The molecule has 5 heteroatoms. The van der Waals surface area contributed by atoms with Crippen molar-refractivity contribution in [2.45, 2.75) is 12.8 Å². The summed E-state index contributed by atoms with van der Waals surface area (Å²) >= 11 is 0. The number of amides is 1. The van der Waals surface area contributed by atoms with Crippen LogP contribution in [0.4, 0.5) is 4.39 Å². The first-order chi connectivity index (χ1) is 11.2. The molecule has 0 aromatic heterocycles. The molecule has 1 aliphatic heterocycles. The zero-order valence-electron chi connectivity index (χ0n) is 12.5. The Balaban J connectivity index is 1.77. The van der Waals surface area contributed by atoms with Crippen molar-refractivity contribution in [3.63, 3.8) is 0 Å². The summed E-state index contributed by atoms with van der Waals surface area (Å²) in [4.78, 5) is 14.1. The first-order valence-electron chi connectivity index (χ1n) is 7.45. The number of nitrogens with zero attached hydrogens (tertiary/aromatic N) is 2. The number of rotatable bonds is 3. The minimum absolute atomic E-state index is 0.0116. The quantitative estimate of drug-likeness (QED) is 0.868. The van der Waals surface area contributed by atoms with Crippen molar-refractivity contribution in [2.24, 2.45) is 0 Å². The second-order valence-corrected chi connectivity index (χ2v) is 5.35. The number of halogens is 1. The van der Waals surface area contributed by atoms with Gasteiger partial charge in [0.05, 0.1) is 0 Å². The molecule has 23 heavy (non-hydrogen) atoms. The summed E-state index contributed by atoms with van der Waals surface area (Å²) in [5.74, 6) is -0.000424. The first-order valence-corrected chi connectivity index (χ1v) is 7.45. The molecule has 0 aliphatic carbocycles. The molecule has 0 unspecified atom stereocenters. The number of carbonyl (C=O) groups is 1. The number of ether oxygens (including phenoxy) is 1. The van der Waals surface area contributed by atoms with E-state index in [0.29, 0.717) is 11.3 Å². The number of hydrogen-bond acceptors (Lipinski definition) is 3. The second kappa shape index (κ2) is 6.49. The van der Waals surface area contributed by atoms with Crippen LogP contribution < -0.4 is 4.74 Å². The van der Waals surface area contributed by atoms with Gasteiger partial charge in [0.25, 0.3) is 5.91 Å². The van der Waals surface area contributed by atoms with E-state index in [-0.39, 0.29) is 17.2 Å². The molecule has 2 aromatic carbocycles. The van der Waals surface area contributed by atoms with Gasteiger partial charge in [-0.05, 0) is 49.2 Å². The van der Waals surface area contributed by atoms with Crippen molar-refractivity contribution in [3.8, 4) is 17.6 Å². The highest BCUT2D eigenvalue weighted by atomic mass is 19.1. The van der Waals surface area contributed by atoms with Gasteiger partial charge >= 0.3 is 0 Å². The molecule has 0 bridgehead atoms. The Kier molecular flexibility index (Phi) is 4.24. The Morgan fingerprint density at radius 2 is 1.83 bits per heavy atom. The van der Waals surface area contributed by atoms with Crippen molar-refractivity contribution in [1.29, 1.82) is 5.26 Å². The Bertz CT molecular complexity index is 760. The van der Waals surface area contributed by atoms with Gasteiger partial charge in [0.1, 0.15) is 28.9 Å². The van der Waals surface area contributed by atoms with Gasteiger partial charge in [-0.2, -0.15) is 5.26 Å². The van der Waals surface area contributed by atoms with Crippen LogP contribution in [0, 0.1) is 17.1 Å². The summed E-state index contributed by atoms with van der Waals surface area (Å²) in [6.07, 6.45) is 2.09. The smallest absolute Gasteiger partial charge is 0.253 e. The lowest BCUT2D eigenvalue weighted by Gasteiger charge is -2.15. The first kappa shape index (κ1) is 15.0. The number of hydrogen-bond donors (Lipinski definition) is 0. The molecule has 116 valence electrons. The van der Waals surface area contributed by atoms with Crippen LogP contribution in [0.5, 0.6) is 11.5 Å². The van der Waals surface area contributed by atoms with Crippen LogP contribution in [-0.2, 0) is 0 Å². The van der Waals surface area contributed by atoms with Crippen LogP contribution >= 0.6 is 0 Å². The van der Waals surface area contributed by atoms with Crippen LogP contribution in [0.15, 0.2) is 42.5 Å². The number of likely N-dealkylation sites (tertiary alicyclic amines) is 1. The van der Waals surface area contributed by atoms with E-state index in [1.807, 2.05) is 4.90 Å². The van der Waals surface area contributed by atoms with Crippen LogP contribution in [0.3, 0.4) is 0 Å². The number of benzene rings is 2. The highest BCUT2D eigenvalue weighted by Crippen LogP contribution is 2.27. The largest absolute Gasteiger partial charge is 0.456 e. The normalized spacial score (nSPS) is 13.7. The number of nitriles is 1. The Labute approximate surface area is 133 Å². The maximum atomic E-state index is 13.5. The minimum Gasteiger partial charge on any atom is -0.456 e. The molecule has 1 amide bonds. The molecule has 0 saturated carbocycles. The molecule has 3 rings (SSSR count). The topological polar surface area (TPSA) is 53.3 Å². The molecule has 4 nitrogen and oxygen atoms in total. The monoisotopic (exact) mass is 310 g/mol. The maximum Gasteiger partial charge on any atom is 0.253 e. The predicted octanol–water partition coefficient (Wildman–Crippen LogP) is 3.73. The summed E-state index contributed by atoms with van der Waals surface area (Å²) in [7, 11) is 0. The average molecular weight is 310 g/mol. The van der Waals surface area contributed by atoms with Crippen molar-refractivity contribution in [1.82, 2.24) is 4.90 Å². The fourth-order valence-electron chi connectivity index (χ4n) is 2.59. The standard InChI is InChI=1S/C18H15FN2O2/c19-16-4-3-5-17(15(16)12-20)23-14-8-6-13(7-9-14)18(22)21-10-1-2-11-21/h3-9H,1-2,10-11H2. The highest BCUT2D eigenvalue weighted by molar-refractivity contribution is 5.94. The molecule has 0 N–H and O–H groups in total. The van der Waals surface area contributed by atoms with E-state index in [1.165, 1.54) is 18.2 Å². The fourth-order valence-corrected chi connectivity index (χ4v) is 2.59. The van der Waals surface area contributed by atoms with Crippen LogP contribution in [0.25, 0.3) is 0 Å². The van der Waals surface area contributed by atoms with Crippen LogP contribution in [-0.4, -0.2) is 23.9 Å². The molecule has 1 heterocycles. The molecule has 1 fully saturated rings. The van der Waals surface area contributed by atoms with Gasteiger partial charge in [-0.25, -0.2) is 4.39 Å². The Morgan fingerprint density at radius 3 is 2.48 bits per heavy atom. The van der Waals surface area contributed by atoms with E-state index in [0.717, 1.165) is 25.9 Å². The molecule has 0 radical (unpaired) electrons. The van der Waals surface area contributed by atoms with E-state index in [2.05, 4.69) is 0 Å². The maximum absolute atomic E-state index is 13.5. The van der Waals surface area contributed by atoms with E-state index in [4.69, 9.17) is 10.00 Å². The Hall–Kier alpha value is -2.87. The molecule has 0 spiro atoms. The van der Waals surface area contributed by atoms with Crippen molar-refractivity contribution < 1.29 is 13.9 Å². The van der Waals surface area contributed by atoms with Crippen LogP contribution in [0.1, 0.15) is 28.8 Å². The highest BCUT2D eigenvalue weighted by Gasteiger charge is 2.19. The third-order valence-corrected chi connectivity index (χ3v) is 3.81. The van der Waals surface area contributed by atoms with Crippen molar-refractivity contribution >= 4 is 5.91 Å². The SMILES string of the molecule is N#Cc1c(F)cccc1Oc1ccc(C(=O)N2CCCC2)cc1. The third kappa shape index (κ3) is 3.16. The van der Waals surface area contributed by atoms with Gasteiger partial charge in [-0.1, -0.05) is 6.07 Å². The second-order valence-electron chi connectivity index (χ2n) is 5.35. The number of carbonyl (C=O) groups excluding carboxylic acids is 1. The van der Waals surface area contributed by atoms with Gasteiger partial charge in [0.15, 0.2) is 0 Å². The molecular formula is C18H15FN2O2. The molecular weight excluding hydrogens is 295 g/mol. The van der Waals surface area contributed by atoms with Crippen LogP contribution in [0.2, 0.25) is 0 Å². The summed E-state index contributed by atoms with van der Waals surface area (Å²) in [6, 6.07) is 12.7. The van der Waals surface area contributed by atoms with Gasteiger partial charge in [0.2, 0.25) is 0 Å². The third-order valence-electron chi connectivity index (χ3n) is 3.81. The van der Waals surface area contributed by atoms with Gasteiger partial charge in [-0.15, -0.1) is 0 Å². The van der Waals surface area contributed by atoms with Crippen molar-refractivity contribution in [2.75, 3.05) is 13.1 Å². The summed E-state index contributed by atoms with van der Waals surface area (Å²) < 4.78 is 19.1. The minimum atomic E-state index is -0.620.